The fourth-order valence-corrected chi connectivity index (χ4v) is 3.84. The van der Waals surface area contributed by atoms with Crippen LogP contribution in [0.2, 0.25) is 0 Å². The van der Waals surface area contributed by atoms with Crippen molar-refractivity contribution < 1.29 is 14.2 Å². The number of rotatable bonds is 2. The number of anilines is 1. The summed E-state index contributed by atoms with van der Waals surface area (Å²) in [7, 11) is 4.05. The van der Waals surface area contributed by atoms with Gasteiger partial charge in [0.05, 0.1) is 28.6 Å². The van der Waals surface area contributed by atoms with Gasteiger partial charge in [0.1, 0.15) is 5.52 Å². The minimum atomic E-state index is -0.482. The van der Waals surface area contributed by atoms with Gasteiger partial charge < -0.3 is 19.6 Å². The van der Waals surface area contributed by atoms with Gasteiger partial charge in [0.15, 0.2) is 5.82 Å². The van der Waals surface area contributed by atoms with Crippen LogP contribution in [0.1, 0.15) is 18.1 Å². The molecular weight excluding hydrogens is 379 g/mol. The van der Waals surface area contributed by atoms with Crippen LogP contribution in [0, 0.1) is 5.82 Å². The Balaban J connectivity index is 1.82. The van der Waals surface area contributed by atoms with Crippen LogP contribution in [-0.4, -0.2) is 52.7 Å². The molecule has 8 heteroatoms. The zero-order valence-electron chi connectivity index (χ0n) is 13.7. The second-order valence-electron chi connectivity index (χ2n) is 6.90. The third-order valence-electron chi connectivity index (χ3n) is 5.13. The fourth-order valence-electron chi connectivity index (χ4n) is 3.30. The Morgan fingerprint density at radius 2 is 1.92 bits per heavy atom. The van der Waals surface area contributed by atoms with Crippen molar-refractivity contribution in [3.05, 3.63) is 21.4 Å². The van der Waals surface area contributed by atoms with Crippen molar-refractivity contribution in [3.8, 4) is 5.88 Å². The highest BCUT2D eigenvalue weighted by atomic mass is 79.9. The van der Waals surface area contributed by atoms with E-state index in [0.717, 1.165) is 24.2 Å². The zero-order chi connectivity index (χ0) is 17.2. The summed E-state index contributed by atoms with van der Waals surface area (Å²) in [5.41, 5.74) is 1.63. The molecule has 0 amide bonds. The van der Waals surface area contributed by atoms with E-state index in [1.807, 2.05) is 19.0 Å². The number of fused-ring (bicyclic) bond motifs is 3. The highest BCUT2D eigenvalue weighted by molar-refractivity contribution is 9.10. The lowest BCUT2D eigenvalue weighted by molar-refractivity contribution is 0.131. The SMILES string of the molecule is CN(C)C1(C)CN(c2nc(O)c3c4c(c(Br)c(F)c3n2)COC4)C1. The molecule has 3 heterocycles. The molecule has 128 valence electrons. The number of likely N-dealkylation sites (N-methyl/N-ethyl adjacent to an activating group) is 1. The number of aromatic nitrogens is 2. The van der Waals surface area contributed by atoms with Crippen molar-refractivity contribution in [3.63, 3.8) is 0 Å². The smallest absolute Gasteiger partial charge is 0.229 e. The number of benzene rings is 1. The molecule has 0 saturated carbocycles. The second-order valence-corrected chi connectivity index (χ2v) is 7.69. The Morgan fingerprint density at radius 3 is 2.58 bits per heavy atom. The van der Waals surface area contributed by atoms with E-state index in [-0.39, 0.29) is 16.9 Å². The van der Waals surface area contributed by atoms with Crippen LogP contribution in [0.5, 0.6) is 5.88 Å². The second kappa shape index (κ2) is 5.24. The van der Waals surface area contributed by atoms with Gasteiger partial charge in [-0.3, -0.25) is 0 Å². The summed E-state index contributed by atoms with van der Waals surface area (Å²) in [6, 6.07) is 0. The van der Waals surface area contributed by atoms with E-state index in [2.05, 4.69) is 37.7 Å². The normalized spacial score (nSPS) is 19.0. The van der Waals surface area contributed by atoms with Crippen LogP contribution in [0.15, 0.2) is 4.47 Å². The summed E-state index contributed by atoms with van der Waals surface area (Å²) in [4.78, 5) is 12.7. The molecule has 1 N–H and O–H groups in total. The molecule has 0 spiro atoms. The molecule has 0 aliphatic carbocycles. The van der Waals surface area contributed by atoms with Gasteiger partial charge in [-0.2, -0.15) is 4.98 Å². The lowest BCUT2D eigenvalue weighted by Gasteiger charge is -2.51. The fraction of sp³-hybridized carbons (Fsp3) is 0.500. The Labute approximate surface area is 147 Å². The van der Waals surface area contributed by atoms with Crippen molar-refractivity contribution >= 4 is 32.8 Å². The van der Waals surface area contributed by atoms with Crippen molar-refractivity contribution in [2.24, 2.45) is 0 Å². The number of ether oxygens (including phenoxy) is 1. The molecule has 2 aliphatic rings. The predicted octanol–water partition coefficient (Wildman–Crippen LogP) is 2.41. The highest BCUT2D eigenvalue weighted by Gasteiger charge is 2.42. The van der Waals surface area contributed by atoms with Gasteiger partial charge in [0, 0.05) is 18.7 Å². The van der Waals surface area contributed by atoms with Crippen molar-refractivity contribution in [2.75, 3.05) is 32.1 Å². The summed E-state index contributed by atoms with van der Waals surface area (Å²) in [5.74, 6) is -0.324. The van der Waals surface area contributed by atoms with Gasteiger partial charge in [0.2, 0.25) is 11.8 Å². The van der Waals surface area contributed by atoms with Gasteiger partial charge in [0.25, 0.3) is 0 Å². The monoisotopic (exact) mass is 396 g/mol. The molecule has 0 radical (unpaired) electrons. The molecule has 6 nitrogen and oxygen atoms in total. The quantitative estimate of drug-likeness (QED) is 0.840. The molecule has 0 unspecified atom stereocenters. The molecule has 24 heavy (non-hydrogen) atoms. The molecule has 1 saturated heterocycles. The number of nitrogens with zero attached hydrogens (tertiary/aromatic N) is 4. The molecule has 2 aromatic rings. The molecule has 0 atom stereocenters. The van der Waals surface area contributed by atoms with E-state index >= 15 is 0 Å². The van der Waals surface area contributed by atoms with E-state index in [4.69, 9.17) is 4.74 Å². The summed E-state index contributed by atoms with van der Waals surface area (Å²) in [5, 5.41) is 10.8. The van der Waals surface area contributed by atoms with E-state index in [1.54, 1.807) is 0 Å². The Bertz CT molecular complexity index is 852. The first-order chi connectivity index (χ1) is 11.3. The minimum Gasteiger partial charge on any atom is -0.493 e. The molecule has 4 rings (SSSR count). The van der Waals surface area contributed by atoms with E-state index in [0.29, 0.717) is 29.0 Å². The van der Waals surface area contributed by atoms with Gasteiger partial charge in [-0.15, -0.1) is 0 Å². The van der Waals surface area contributed by atoms with E-state index in [1.165, 1.54) is 0 Å². The maximum Gasteiger partial charge on any atom is 0.229 e. The predicted molar refractivity (Wildman–Crippen MR) is 91.7 cm³/mol. The van der Waals surface area contributed by atoms with Crippen LogP contribution < -0.4 is 4.90 Å². The topological polar surface area (TPSA) is 61.7 Å². The van der Waals surface area contributed by atoms with Crippen molar-refractivity contribution in [1.29, 1.82) is 0 Å². The maximum absolute atomic E-state index is 14.7. The molecular formula is C16H18BrFN4O2. The van der Waals surface area contributed by atoms with Crippen LogP contribution in [0.4, 0.5) is 10.3 Å². The number of hydrogen-bond acceptors (Lipinski definition) is 6. The average Bonchev–Trinajstić information content (AvgIpc) is 2.98. The van der Waals surface area contributed by atoms with Gasteiger partial charge in [-0.25, -0.2) is 9.37 Å². The molecule has 0 bridgehead atoms. The third kappa shape index (κ3) is 2.13. The van der Waals surface area contributed by atoms with Crippen LogP contribution in [0.25, 0.3) is 10.9 Å². The summed E-state index contributed by atoms with van der Waals surface area (Å²) in [6.45, 7) is 4.23. The molecule has 1 aromatic carbocycles. The number of halogens is 2. The largest absolute Gasteiger partial charge is 0.493 e. The van der Waals surface area contributed by atoms with Crippen molar-refractivity contribution in [1.82, 2.24) is 14.9 Å². The first-order valence-corrected chi connectivity index (χ1v) is 8.50. The summed E-state index contributed by atoms with van der Waals surface area (Å²) >= 11 is 3.29. The van der Waals surface area contributed by atoms with Gasteiger partial charge in [-0.05, 0) is 42.5 Å². The Morgan fingerprint density at radius 1 is 1.25 bits per heavy atom. The van der Waals surface area contributed by atoms with Crippen LogP contribution in [-0.2, 0) is 18.0 Å². The zero-order valence-corrected chi connectivity index (χ0v) is 15.3. The van der Waals surface area contributed by atoms with Gasteiger partial charge in [-0.1, -0.05) is 0 Å². The number of aromatic hydroxyl groups is 1. The van der Waals surface area contributed by atoms with E-state index in [9.17, 15) is 9.50 Å². The Hall–Kier alpha value is -1.51. The van der Waals surface area contributed by atoms with Crippen molar-refractivity contribution in [2.45, 2.75) is 25.7 Å². The molecule has 2 aliphatic heterocycles. The standard InChI is InChI=1S/C16H18BrFN4O2/c1-16(21(2)3)6-22(7-16)15-19-13-10(14(23)20-15)8-4-24-5-9(8)11(17)12(13)18/h4-7H2,1-3H3,(H,19,20,23). The highest BCUT2D eigenvalue weighted by Crippen LogP contribution is 2.41. The van der Waals surface area contributed by atoms with E-state index < -0.39 is 5.82 Å². The first-order valence-electron chi connectivity index (χ1n) is 7.71. The maximum atomic E-state index is 14.7. The van der Waals surface area contributed by atoms with Crippen LogP contribution >= 0.6 is 15.9 Å². The van der Waals surface area contributed by atoms with Gasteiger partial charge >= 0.3 is 0 Å². The molecule has 1 fully saturated rings. The third-order valence-corrected chi connectivity index (χ3v) is 5.95. The minimum absolute atomic E-state index is 0.0266. The Kier molecular flexibility index (Phi) is 3.49. The number of hydrogen-bond donors (Lipinski definition) is 1. The summed E-state index contributed by atoms with van der Waals surface area (Å²) < 4.78 is 20.5. The summed E-state index contributed by atoms with van der Waals surface area (Å²) in [6.07, 6.45) is 0. The first kappa shape index (κ1) is 16.0. The lowest BCUT2D eigenvalue weighted by Crippen LogP contribution is -2.67. The lowest BCUT2D eigenvalue weighted by atomic mass is 9.91. The van der Waals surface area contributed by atoms with Crippen LogP contribution in [0.3, 0.4) is 0 Å². The average molecular weight is 397 g/mol. The molecule has 1 aromatic heterocycles.